The van der Waals surface area contributed by atoms with Crippen LogP contribution >= 0.6 is 0 Å². The Morgan fingerprint density at radius 3 is 1.71 bits per heavy atom. The van der Waals surface area contributed by atoms with Gasteiger partial charge in [-0.3, -0.25) is 0 Å². The number of aryl methyl sites for hydroxylation is 2. The first kappa shape index (κ1) is 37.7. The molecule has 4 aliphatic carbocycles. The number of fused-ring (bicyclic) bond motifs is 1. The van der Waals surface area contributed by atoms with E-state index in [1.54, 1.807) is 0 Å². The largest absolute Gasteiger partial charge is 0.393 e. The van der Waals surface area contributed by atoms with Crippen LogP contribution < -0.4 is 0 Å². The van der Waals surface area contributed by atoms with E-state index in [9.17, 15) is 10.2 Å². The first-order chi connectivity index (χ1) is 23.0. The van der Waals surface area contributed by atoms with Crippen LogP contribution in [0, 0.1) is 31.7 Å². The Balaban J connectivity index is 0.000000214. The predicted molar refractivity (Wildman–Crippen MR) is 197 cm³/mol. The molecule has 1 radical (unpaired) electrons. The summed E-state index contributed by atoms with van der Waals surface area (Å²) in [4.78, 5) is 5.09. The Bertz CT molecular complexity index is 1370. The van der Waals surface area contributed by atoms with Crippen LogP contribution in [0.3, 0.4) is 0 Å². The zero-order valence-corrected chi connectivity index (χ0v) is 32.3. The van der Waals surface area contributed by atoms with E-state index in [4.69, 9.17) is 4.98 Å². The Morgan fingerprint density at radius 2 is 1.17 bits per heavy atom. The fraction of sp³-hybridized carbons (Fsp3) is 0.659. The van der Waals surface area contributed by atoms with Gasteiger partial charge in [-0.15, -0.1) is 34.9 Å². The third-order valence-corrected chi connectivity index (χ3v) is 12.3. The smallest absolute Gasteiger partial charge is 0.0593 e. The summed E-state index contributed by atoms with van der Waals surface area (Å²) < 4.78 is 0. The summed E-state index contributed by atoms with van der Waals surface area (Å²) in [6.07, 6.45) is 28.3. The molecule has 4 aliphatic rings. The van der Waals surface area contributed by atoms with Crippen LogP contribution in [0.5, 0.6) is 0 Å². The zero-order valence-electron chi connectivity index (χ0n) is 30.0. The molecule has 3 aromatic rings. The van der Waals surface area contributed by atoms with E-state index in [0.29, 0.717) is 24.2 Å². The second-order valence-corrected chi connectivity index (χ2v) is 16.0. The van der Waals surface area contributed by atoms with Crippen molar-refractivity contribution in [2.24, 2.45) is 11.8 Å². The predicted octanol–water partition coefficient (Wildman–Crippen LogP) is 11.7. The number of pyridine rings is 1. The summed E-state index contributed by atoms with van der Waals surface area (Å²) in [5.41, 5.74) is 7.75. The first-order valence-electron chi connectivity index (χ1n) is 19.8. The molecule has 265 valence electrons. The maximum atomic E-state index is 10.2. The van der Waals surface area contributed by atoms with Crippen molar-refractivity contribution >= 4 is 10.8 Å². The van der Waals surface area contributed by atoms with Crippen LogP contribution in [-0.4, -0.2) is 27.4 Å². The van der Waals surface area contributed by atoms with Crippen molar-refractivity contribution in [3.05, 3.63) is 64.8 Å². The van der Waals surface area contributed by atoms with Crippen molar-refractivity contribution in [3.63, 3.8) is 0 Å². The van der Waals surface area contributed by atoms with E-state index in [2.05, 4.69) is 56.4 Å². The molecule has 4 heteroatoms. The minimum atomic E-state index is -0.257. The number of hydrogen-bond donors (Lipinski definition) is 2. The molecule has 2 unspecified atom stereocenters. The zero-order chi connectivity index (χ0) is 32.6. The van der Waals surface area contributed by atoms with Crippen LogP contribution in [-0.2, 0) is 20.1 Å². The summed E-state index contributed by atoms with van der Waals surface area (Å²) >= 11 is 0. The molecule has 1 heterocycles. The van der Waals surface area contributed by atoms with E-state index < -0.39 is 0 Å². The van der Waals surface area contributed by atoms with Crippen molar-refractivity contribution < 1.29 is 30.3 Å². The van der Waals surface area contributed by atoms with Gasteiger partial charge in [0, 0.05) is 26.3 Å². The molecule has 4 saturated carbocycles. The van der Waals surface area contributed by atoms with Gasteiger partial charge in [-0.25, -0.2) is 0 Å². The van der Waals surface area contributed by atoms with E-state index in [0.717, 1.165) is 17.2 Å². The molecule has 4 fully saturated rings. The Hall–Kier alpha value is -1.58. The van der Waals surface area contributed by atoms with Gasteiger partial charge in [-0.1, -0.05) is 109 Å². The molecule has 7 rings (SSSR count). The van der Waals surface area contributed by atoms with Crippen LogP contribution in [0.15, 0.2) is 36.5 Å². The summed E-state index contributed by atoms with van der Waals surface area (Å²) in [7, 11) is 0. The number of aromatic nitrogens is 1. The molecule has 48 heavy (non-hydrogen) atoms. The molecule has 0 spiro atoms. The fourth-order valence-corrected chi connectivity index (χ4v) is 9.62. The van der Waals surface area contributed by atoms with Gasteiger partial charge in [0.25, 0.3) is 0 Å². The Kier molecular flexibility index (Phi) is 14.6. The standard InChI is InChI=1S/C29H34N.C15H28O2.Ir/c1-20-15-21(2)17-25(16-20)29-27-18-24(22-9-5-3-6-10-22)13-14-26(27)28(19-30-29)23-11-7-4-8-12-23;16-14(12-7-3-1-4-8-12)11-15(17)13-9-5-2-6-10-13;/h13-16,18-19,22-23H,3-12H2,1-2H3;12-17H,1-11H2;/q-1;;. The molecular formula is C44H62IrNO2-. The first-order valence-corrected chi connectivity index (χ1v) is 19.8. The van der Waals surface area contributed by atoms with Crippen LogP contribution in [0.25, 0.3) is 22.0 Å². The Morgan fingerprint density at radius 1 is 0.646 bits per heavy atom. The van der Waals surface area contributed by atoms with Crippen LogP contribution in [0.1, 0.15) is 169 Å². The molecule has 0 saturated heterocycles. The van der Waals surface area contributed by atoms with Crippen LogP contribution in [0.4, 0.5) is 0 Å². The van der Waals surface area contributed by atoms with Gasteiger partial charge in [0.15, 0.2) is 0 Å². The molecule has 0 aliphatic heterocycles. The summed E-state index contributed by atoms with van der Waals surface area (Å²) in [6, 6.07) is 15.4. The van der Waals surface area contributed by atoms with Crippen molar-refractivity contribution in [1.29, 1.82) is 0 Å². The minimum Gasteiger partial charge on any atom is -0.393 e. The van der Waals surface area contributed by atoms with E-state index in [1.165, 1.54) is 161 Å². The average molecular weight is 829 g/mol. The molecule has 2 atom stereocenters. The second-order valence-electron chi connectivity index (χ2n) is 16.0. The topological polar surface area (TPSA) is 53.4 Å². The van der Waals surface area contributed by atoms with Gasteiger partial charge < -0.3 is 15.2 Å². The molecule has 0 amide bonds. The van der Waals surface area contributed by atoms with Gasteiger partial charge in [0.2, 0.25) is 0 Å². The van der Waals surface area contributed by atoms with Crippen LogP contribution in [0.2, 0.25) is 0 Å². The number of aliphatic hydroxyl groups is 2. The molecule has 2 aromatic carbocycles. The number of hydrogen-bond acceptors (Lipinski definition) is 3. The van der Waals surface area contributed by atoms with E-state index in [-0.39, 0.29) is 32.3 Å². The maximum absolute atomic E-state index is 10.2. The van der Waals surface area contributed by atoms with Crippen molar-refractivity contribution in [2.75, 3.05) is 0 Å². The maximum Gasteiger partial charge on any atom is 0.0593 e. The third-order valence-electron chi connectivity index (χ3n) is 12.3. The quantitative estimate of drug-likeness (QED) is 0.233. The molecule has 3 nitrogen and oxygen atoms in total. The summed E-state index contributed by atoms with van der Waals surface area (Å²) in [6.45, 7) is 4.32. The molecule has 0 bridgehead atoms. The normalized spacial score (nSPS) is 21.6. The number of rotatable bonds is 7. The molecule has 2 N–H and O–H groups in total. The minimum absolute atomic E-state index is 0. The third kappa shape index (κ3) is 9.80. The van der Waals surface area contributed by atoms with E-state index >= 15 is 0 Å². The number of aliphatic hydroxyl groups excluding tert-OH is 2. The number of benzene rings is 2. The van der Waals surface area contributed by atoms with Gasteiger partial charge >= 0.3 is 0 Å². The van der Waals surface area contributed by atoms with Gasteiger partial charge in [0.1, 0.15) is 0 Å². The second kappa shape index (κ2) is 18.6. The fourth-order valence-electron chi connectivity index (χ4n) is 9.62. The van der Waals surface area contributed by atoms with Crippen molar-refractivity contribution in [2.45, 2.75) is 173 Å². The van der Waals surface area contributed by atoms with Gasteiger partial charge in [-0.2, -0.15) is 0 Å². The number of nitrogens with zero attached hydrogens (tertiary/aromatic N) is 1. The SMILES string of the molecule is Cc1[c-]c(-c2ncc(C3CCCCC3)c3ccc(C4CCCCC4)cc23)cc(C)c1.OC(CC(O)C1CCCCC1)C1CCCCC1.[Ir]. The summed E-state index contributed by atoms with van der Waals surface area (Å²) in [5.74, 6) is 2.31. The Labute approximate surface area is 305 Å². The van der Waals surface area contributed by atoms with Gasteiger partial charge in [0.05, 0.1) is 12.2 Å². The van der Waals surface area contributed by atoms with Gasteiger partial charge in [-0.05, 0) is 109 Å². The average Bonchev–Trinajstić information content (AvgIpc) is 3.12. The van der Waals surface area contributed by atoms with Crippen molar-refractivity contribution in [1.82, 2.24) is 4.98 Å². The molecular weight excluding hydrogens is 767 g/mol. The molecule has 1 aromatic heterocycles. The monoisotopic (exact) mass is 829 g/mol. The van der Waals surface area contributed by atoms with Crippen molar-refractivity contribution in [3.8, 4) is 11.3 Å². The summed E-state index contributed by atoms with van der Waals surface area (Å²) in [5, 5.41) is 23.2. The van der Waals surface area contributed by atoms with E-state index in [1.807, 2.05) is 0 Å².